The molecule has 2 aromatic carbocycles. The smallest absolute Gasteiger partial charge is 0.482 e. The number of benzene rings is 2. The molecule has 7 amide bonds. The lowest BCUT2D eigenvalue weighted by atomic mass is 9.43. The van der Waals surface area contributed by atoms with Crippen LogP contribution in [0.4, 0.5) is 9.59 Å². The number of piperazine rings is 1. The first-order valence-corrected chi connectivity index (χ1v) is 22.9. The summed E-state index contributed by atoms with van der Waals surface area (Å²) in [6.07, 6.45) is -0.737. The van der Waals surface area contributed by atoms with Crippen molar-refractivity contribution in [1.82, 2.24) is 30.2 Å². The number of ether oxygens (including phenoxy) is 3. The molecule has 3 N–H and O–H groups in total. The van der Waals surface area contributed by atoms with Crippen LogP contribution in [0.3, 0.4) is 0 Å². The summed E-state index contributed by atoms with van der Waals surface area (Å²) in [6, 6.07) is 8.38. The minimum absolute atomic E-state index is 0.00564. The minimum Gasteiger partial charge on any atom is -0.495 e. The van der Waals surface area contributed by atoms with E-state index in [-0.39, 0.29) is 67.0 Å². The third-order valence-electron chi connectivity index (χ3n) is 14.2. The van der Waals surface area contributed by atoms with Crippen LogP contribution in [0.2, 0.25) is 0 Å². The van der Waals surface area contributed by atoms with Crippen LogP contribution in [0.1, 0.15) is 95.3 Å². The van der Waals surface area contributed by atoms with Crippen molar-refractivity contribution in [2.75, 3.05) is 47.4 Å². The highest BCUT2D eigenvalue weighted by Crippen LogP contribution is 2.65. The highest BCUT2D eigenvalue weighted by atomic mass is 16.7. The van der Waals surface area contributed by atoms with E-state index >= 15 is 0 Å². The molecular weight excluding hydrogens is 867 g/mol. The van der Waals surface area contributed by atoms with Gasteiger partial charge in [0.25, 0.3) is 0 Å². The highest BCUT2D eigenvalue weighted by Gasteiger charge is 2.68. The maximum absolute atomic E-state index is 14.8. The first kappa shape index (κ1) is 49.0. The van der Waals surface area contributed by atoms with Gasteiger partial charge in [-0.3, -0.25) is 29.0 Å². The van der Waals surface area contributed by atoms with Crippen LogP contribution in [0.25, 0.3) is 0 Å². The number of likely N-dealkylation sites (N-methyl/N-ethyl adjacent to an activating group) is 2. The van der Waals surface area contributed by atoms with Gasteiger partial charge < -0.3 is 49.1 Å². The van der Waals surface area contributed by atoms with Crippen LogP contribution >= 0.6 is 0 Å². The van der Waals surface area contributed by atoms with Crippen LogP contribution in [0, 0.1) is 17.3 Å². The van der Waals surface area contributed by atoms with Crippen molar-refractivity contribution in [3.8, 4) is 11.5 Å². The summed E-state index contributed by atoms with van der Waals surface area (Å²) in [4.78, 5) is 98.6. The number of esters is 1. The maximum Gasteiger partial charge on any atom is 0.482 e. The fraction of sp³-hybridized carbons (Fsp3) is 0.596. The van der Waals surface area contributed by atoms with E-state index in [1.807, 2.05) is 6.92 Å². The first-order valence-electron chi connectivity index (χ1n) is 22.9. The molecule has 8 atom stereocenters. The van der Waals surface area contributed by atoms with Gasteiger partial charge in [-0.2, -0.15) is 0 Å². The van der Waals surface area contributed by atoms with Crippen molar-refractivity contribution in [3.63, 3.8) is 0 Å². The van der Waals surface area contributed by atoms with Crippen molar-refractivity contribution < 1.29 is 62.2 Å². The number of carbonyl (C=O) groups excluding carboxylic acids is 6. The van der Waals surface area contributed by atoms with Crippen LogP contribution in [0.5, 0.6) is 11.5 Å². The topological polar surface area (TPSA) is 223 Å². The molecule has 362 valence electrons. The molecule has 3 heterocycles. The molecule has 3 saturated heterocycles. The fourth-order valence-electron chi connectivity index (χ4n) is 10.5. The molecule has 6 aliphatic rings. The van der Waals surface area contributed by atoms with Gasteiger partial charge in [-0.15, -0.1) is 0 Å². The standard InChI is InChI=1S/C47H63BN6O13/c1-11-52-19-20-53(41(58)40(52)57)43(60)50-36(26-15-13-12-14-16-26)38(55)49-34(48-66-33-23-28-22-32(46(28,5)6)47(33,7)67-48)21-27-17-18-31(35(37(27)63-10)42(59)65-45(2,3)4)64-29-24-30(39(56)51(8)9)54(25-29)44(61)62/h12-18,28-30,32-34,36H,11,19-25H2,1-10H3,(H,49,55)(H,50,60)(H,61,62)/t28-,29-,30-,32-,33+,34?,36?,47-/m0/s1. The van der Waals surface area contributed by atoms with E-state index in [4.69, 9.17) is 23.5 Å². The predicted octanol–water partition coefficient (Wildman–Crippen LogP) is 3.67. The number of urea groups is 1. The zero-order chi connectivity index (χ0) is 48.9. The Morgan fingerprint density at radius 2 is 1.67 bits per heavy atom. The van der Waals surface area contributed by atoms with Crippen LogP contribution in [-0.2, 0) is 39.6 Å². The molecule has 19 nitrogen and oxygen atoms in total. The zero-order valence-electron chi connectivity index (χ0n) is 40.0. The second-order valence-corrected chi connectivity index (χ2v) is 20.1. The summed E-state index contributed by atoms with van der Waals surface area (Å²) in [5.41, 5.74) is -0.968. The Hall–Kier alpha value is -5.89. The molecular formula is C47H63BN6O13. The predicted molar refractivity (Wildman–Crippen MR) is 242 cm³/mol. The van der Waals surface area contributed by atoms with Crippen LogP contribution in [-0.4, -0.2) is 156 Å². The van der Waals surface area contributed by atoms with Gasteiger partial charge in [0.2, 0.25) is 11.8 Å². The van der Waals surface area contributed by atoms with Gasteiger partial charge in [0, 0.05) is 40.2 Å². The first-order chi connectivity index (χ1) is 31.5. The molecule has 3 aliphatic carbocycles. The molecule has 0 aromatic heterocycles. The molecule has 2 unspecified atom stereocenters. The fourth-order valence-corrected chi connectivity index (χ4v) is 10.5. The maximum atomic E-state index is 14.8. The average molecular weight is 931 g/mol. The van der Waals surface area contributed by atoms with Crippen LogP contribution in [0.15, 0.2) is 42.5 Å². The monoisotopic (exact) mass is 930 g/mol. The number of hydrogen-bond acceptors (Lipinski definition) is 12. The number of imide groups is 1. The zero-order valence-corrected chi connectivity index (χ0v) is 40.0. The minimum atomic E-state index is -1.36. The van der Waals surface area contributed by atoms with E-state index in [1.165, 1.54) is 31.0 Å². The van der Waals surface area contributed by atoms with E-state index in [1.54, 1.807) is 70.2 Å². The molecule has 8 rings (SSSR count). The molecule has 20 heteroatoms. The summed E-state index contributed by atoms with van der Waals surface area (Å²) in [5.74, 6) is -4.05. The molecule has 3 saturated carbocycles. The molecule has 0 spiro atoms. The van der Waals surface area contributed by atoms with Gasteiger partial charge in [0.05, 0.1) is 31.3 Å². The van der Waals surface area contributed by atoms with Crippen molar-refractivity contribution in [1.29, 1.82) is 0 Å². The summed E-state index contributed by atoms with van der Waals surface area (Å²) in [6.45, 7) is 13.6. The van der Waals surface area contributed by atoms with E-state index in [2.05, 4.69) is 24.5 Å². The van der Waals surface area contributed by atoms with E-state index < -0.39 is 84.2 Å². The van der Waals surface area contributed by atoms with Crippen molar-refractivity contribution in [2.24, 2.45) is 17.3 Å². The van der Waals surface area contributed by atoms with Gasteiger partial charge in [0.15, 0.2) is 0 Å². The molecule has 2 bridgehead atoms. The molecule has 3 aliphatic heterocycles. The van der Waals surface area contributed by atoms with Gasteiger partial charge >= 0.3 is 37.0 Å². The summed E-state index contributed by atoms with van der Waals surface area (Å²) in [5, 5.41) is 15.8. The lowest BCUT2D eigenvalue weighted by Gasteiger charge is -2.64. The Kier molecular flexibility index (Phi) is 13.7. The Labute approximate surface area is 391 Å². The number of likely N-dealkylation sites (tertiary alicyclic amines) is 1. The molecule has 0 radical (unpaired) electrons. The Morgan fingerprint density at radius 3 is 2.28 bits per heavy atom. The van der Waals surface area contributed by atoms with E-state index in [9.17, 15) is 38.7 Å². The lowest BCUT2D eigenvalue weighted by molar-refractivity contribution is -0.199. The van der Waals surface area contributed by atoms with Crippen molar-refractivity contribution in [2.45, 2.75) is 116 Å². The molecule has 6 fully saturated rings. The Balaban J connectivity index is 1.25. The van der Waals surface area contributed by atoms with E-state index in [0.717, 1.165) is 22.6 Å². The van der Waals surface area contributed by atoms with Gasteiger partial charge in [-0.25, -0.2) is 14.4 Å². The SMILES string of the molecule is CCN1CCN(C(=O)NC(C(=O)NC(Cc2ccc(O[C@H]3C[C@@H](C(=O)N(C)C)N(C(=O)O)C3)c(C(=O)OC(C)(C)C)c2OC)B2O[C@@H]3C[C@@H]4C[C@@H](C4(C)C)[C@]3(C)O2)c2ccccc2)C(=O)C1=O. The van der Waals surface area contributed by atoms with Crippen molar-refractivity contribution in [3.05, 3.63) is 59.2 Å². The molecule has 67 heavy (non-hydrogen) atoms. The second kappa shape index (κ2) is 18.7. The average Bonchev–Trinajstić information content (AvgIpc) is 3.86. The van der Waals surface area contributed by atoms with Gasteiger partial charge in [-0.05, 0) is 88.3 Å². The number of rotatable bonds is 13. The number of carboxylic acid groups (broad SMARTS) is 1. The number of nitrogens with zero attached hydrogens (tertiary/aromatic N) is 4. The summed E-state index contributed by atoms with van der Waals surface area (Å²) >= 11 is 0. The van der Waals surface area contributed by atoms with Crippen molar-refractivity contribution >= 4 is 48.8 Å². The number of methoxy groups -OCH3 is 1. The Morgan fingerprint density at radius 1 is 0.970 bits per heavy atom. The Bertz CT molecular complexity index is 2290. The molecule has 2 aromatic rings. The van der Waals surface area contributed by atoms with E-state index in [0.29, 0.717) is 23.6 Å². The van der Waals surface area contributed by atoms with Gasteiger partial charge in [0.1, 0.15) is 40.9 Å². The number of nitrogens with one attached hydrogen (secondary N) is 2. The highest BCUT2D eigenvalue weighted by molar-refractivity contribution is 6.48. The third-order valence-corrected chi connectivity index (χ3v) is 14.2. The quantitative estimate of drug-likeness (QED) is 0.148. The normalized spacial score (nSPS) is 26.2. The second-order valence-electron chi connectivity index (χ2n) is 20.1. The largest absolute Gasteiger partial charge is 0.495 e. The van der Waals surface area contributed by atoms with Crippen LogP contribution < -0.4 is 20.1 Å². The lowest BCUT2D eigenvalue weighted by Crippen LogP contribution is -2.65. The summed E-state index contributed by atoms with van der Waals surface area (Å²) < 4.78 is 32.0. The third kappa shape index (κ3) is 9.51. The number of carbonyl (C=O) groups is 7. The number of hydrogen-bond donors (Lipinski definition) is 3. The van der Waals surface area contributed by atoms with Gasteiger partial charge in [-0.1, -0.05) is 50.2 Å². The number of amides is 7. The summed E-state index contributed by atoms with van der Waals surface area (Å²) in [7, 11) is 3.42.